The Morgan fingerprint density at radius 1 is 1.26 bits per heavy atom. The van der Waals surface area contributed by atoms with Crippen LogP contribution in [0, 0.1) is 23.0 Å². The number of nitriles is 1. The van der Waals surface area contributed by atoms with Crippen LogP contribution in [0.4, 0.5) is 8.78 Å². The first-order chi connectivity index (χ1) is 11.0. The average Bonchev–Trinajstić information content (AvgIpc) is 2.53. The molecule has 1 fully saturated rings. The van der Waals surface area contributed by atoms with Crippen LogP contribution in [0.25, 0.3) is 0 Å². The van der Waals surface area contributed by atoms with Crippen molar-refractivity contribution >= 4 is 11.9 Å². The highest BCUT2D eigenvalue weighted by Crippen LogP contribution is 2.27. The molecule has 1 aliphatic rings. The van der Waals surface area contributed by atoms with E-state index in [1.54, 1.807) is 0 Å². The van der Waals surface area contributed by atoms with Crippen molar-refractivity contribution in [2.75, 3.05) is 6.61 Å². The second-order valence-corrected chi connectivity index (χ2v) is 5.50. The molecule has 7 heteroatoms. The van der Waals surface area contributed by atoms with Gasteiger partial charge in [0.2, 0.25) is 0 Å². The number of ether oxygens (including phenoxy) is 1. The molecule has 0 aromatic heterocycles. The molecule has 1 aliphatic carbocycles. The maximum absolute atomic E-state index is 13.4. The lowest BCUT2D eigenvalue weighted by molar-refractivity contribution is -0.125. The summed E-state index contributed by atoms with van der Waals surface area (Å²) >= 11 is 0. The molecule has 1 N–H and O–H groups in total. The Kier molecular flexibility index (Phi) is 5.27. The van der Waals surface area contributed by atoms with E-state index >= 15 is 0 Å². The summed E-state index contributed by atoms with van der Waals surface area (Å²) in [6, 6.07) is 4.54. The number of carbonyl (C=O) groups is 2. The molecule has 0 atom stereocenters. The molecule has 122 valence electrons. The van der Waals surface area contributed by atoms with E-state index in [1.165, 1.54) is 0 Å². The van der Waals surface area contributed by atoms with Crippen molar-refractivity contribution in [3.05, 3.63) is 35.4 Å². The number of rotatable bonds is 4. The molecule has 0 saturated heterocycles. The van der Waals surface area contributed by atoms with Crippen LogP contribution in [-0.2, 0) is 9.53 Å². The number of benzene rings is 1. The first-order valence-electron chi connectivity index (χ1n) is 7.30. The minimum absolute atomic E-state index is 0.452. The number of halogens is 2. The number of nitrogens with one attached hydrogen (secondary N) is 1. The van der Waals surface area contributed by atoms with E-state index in [2.05, 4.69) is 11.4 Å². The first kappa shape index (κ1) is 16.9. The largest absolute Gasteiger partial charge is 0.452 e. The summed E-state index contributed by atoms with van der Waals surface area (Å²) in [5, 5.41) is 11.8. The summed E-state index contributed by atoms with van der Waals surface area (Å²) in [5.41, 5.74) is -1.38. The first-order valence-corrected chi connectivity index (χ1v) is 7.30. The Hall–Kier alpha value is -2.49. The van der Waals surface area contributed by atoms with Gasteiger partial charge in [-0.25, -0.2) is 13.6 Å². The van der Waals surface area contributed by atoms with Crippen LogP contribution in [0.5, 0.6) is 0 Å². The highest BCUT2D eigenvalue weighted by molar-refractivity contribution is 5.91. The highest BCUT2D eigenvalue weighted by Gasteiger charge is 2.33. The zero-order valence-corrected chi connectivity index (χ0v) is 12.4. The fourth-order valence-corrected chi connectivity index (χ4v) is 2.59. The van der Waals surface area contributed by atoms with Crippen molar-refractivity contribution in [2.45, 2.75) is 37.6 Å². The van der Waals surface area contributed by atoms with E-state index < -0.39 is 41.2 Å². The molecule has 0 heterocycles. The molecule has 1 aromatic rings. The molecular formula is C16H16F2N2O3. The van der Waals surface area contributed by atoms with Crippen LogP contribution >= 0.6 is 0 Å². The predicted molar refractivity (Wildman–Crippen MR) is 76.2 cm³/mol. The lowest BCUT2D eigenvalue weighted by Gasteiger charge is -2.31. The molecule has 1 aromatic carbocycles. The normalized spacial score (nSPS) is 16.2. The standard InChI is InChI=1S/C16H16F2N2O3/c17-11-4-5-12(13(18)8-11)15(22)23-9-14(21)20-16(10-19)6-2-1-3-7-16/h4-5,8H,1-3,6-7,9H2,(H,20,21). The maximum Gasteiger partial charge on any atom is 0.341 e. The van der Waals surface area contributed by atoms with Crippen LogP contribution in [0.2, 0.25) is 0 Å². The van der Waals surface area contributed by atoms with Crippen molar-refractivity contribution < 1.29 is 23.1 Å². The van der Waals surface area contributed by atoms with E-state index in [4.69, 9.17) is 4.74 Å². The van der Waals surface area contributed by atoms with Gasteiger partial charge in [-0.15, -0.1) is 0 Å². The monoisotopic (exact) mass is 322 g/mol. The molecule has 1 saturated carbocycles. The van der Waals surface area contributed by atoms with Crippen LogP contribution in [-0.4, -0.2) is 24.0 Å². The van der Waals surface area contributed by atoms with Crippen molar-refractivity contribution in [3.8, 4) is 6.07 Å². The molecule has 1 amide bonds. The van der Waals surface area contributed by atoms with E-state index in [0.29, 0.717) is 18.9 Å². The summed E-state index contributed by atoms with van der Waals surface area (Å²) in [5.74, 6) is -3.56. The molecule has 23 heavy (non-hydrogen) atoms. The second-order valence-electron chi connectivity index (χ2n) is 5.50. The van der Waals surface area contributed by atoms with E-state index in [-0.39, 0.29) is 0 Å². The molecule has 2 rings (SSSR count). The van der Waals surface area contributed by atoms with Crippen molar-refractivity contribution in [2.24, 2.45) is 0 Å². The maximum atomic E-state index is 13.4. The van der Waals surface area contributed by atoms with Gasteiger partial charge in [-0.2, -0.15) is 5.26 Å². The highest BCUT2D eigenvalue weighted by atomic mass is 19.1. The van der Waals surface area contributed by atoms with Gasteiger partial charge in [0.05, 0.1) is 11.6 Å². The topological polar surface area (TPSA) is 79.2 Å². The minimum atomic E-state index is -1.06. The van der Waals surface area contributed by atoms with Crippen molar-refractivity contribution in [1.29, 1.82) is 5.26 Å². The summed E-state index contributed by atoms with van der Waals surface area (Å²) in [6.07, 6.45) is 3.80. The lowest BCUT2D eigenvalue weighted by Crippen LogP contribution is -2.50. The predicted octanol–water partition coefficient (Wildman–Crippen LogP) is 2.46. The van der Waals surface area contributed by atoms with E-state index in [0.717, 1.165) is 31.4 Å². The fourth-order valence-electron chi connectivity index (χ4n) is 2.59. The molecule has 0 radical (unpaired) electrons. The number of amides is 1. The molecular weight excluding hydrogens is 306 g/mol. The lowest BCUT2D eigenvalue weighted by atomic mass is 9.83. The third-order valence-corrected chi connectivity index (χ3v) is 3.79. The number of nitrogens with zero attached hydrogens (tertiary/aromatic N) is 1. The number of hydrogen-bond acceptors (Lipinski definition) is 4. The van der Waals surface area contributed by atoms with Crippen LogP contribution in [0.15, 0.2) is 18.2 Å². The van der Waals surface area contributed by atoms with Gasteiger partial charge in [0.25, 0.3) is 5.91 Å². The summed E-state index contributed by atoms with van der Waals surface area (Å²) in [4.78, 5) is 23.6. The zero-order chi connectivity index (χ0) is 16.9. The molecule has 0 unspecified atom stereocenters. The molecule has 0 aliphatic heterocycles. The van der Waals surface area contributed by atoms with Gasteiger partial charge in [0.1, 0.15) is 17.2 Å². The fraction of sp³-hybridized carbons (Fsp3) is 0.438. The minimum Gasteiger partial charge on any atom is -0.452 e. The second kappa shape index (κ2) is 7.18. The SMILES string of the molecule is N#CC1(NC(=O)COC(=O)c2ccc(F)cc2F)CCCCC1. The smallest absolute Gasteiger partial charge is 0.341 e. The Morgan fingerprint density at radius 3 is 2.57 bits per heavy atom. The van der Waals surface area contributed by atoms with Gasteiger partial charge in [-0.1, -0.05) is 19.3 Å². The van der Waals surface area contributed by atoms with Gasteiger partial charge in [-0.3, -0.25) is 4.79 Å². The van der Waals surface area contributed by atoms with Gasteiger partial charge < -0.3 is 10.1 Å². The van der Waals surface area contributed by atoms with Gasteiger partial charge in [-0.05, 0) is 25.0 Å². The van der Waals surface area contributed by atoms with Crippen LogP contribution in [0.1, 0.15) is 42.5 Å². The summed E-state index contributed by atoms with van der Waals surface area (Å²) in [7, 11) is 0. The van der Waals surface area contributed by atoms with Crippen molar-refractivity contribution in [3.63, 3.8) is 0 Å². The molecule has 5 nitrogen and oxygen atoms in total. The quantitative estimate of drug-likeness (QED) is 0.864. The van der Waals surface area contributed by atoms with Crippen molar-refractivity contribution in [1.82, 2.24) is 5.32 Å². The number of carbonyl (C=O) groups excluding carboxylic acids is 2. The molecule has 0 bridgehead atoms. The van der Waals surface area contributed by atoms with Crippen LogP contribution in [0.3, 0.4) is 0 Å². The summed E-state index contributed by atoms with van der Waals surface area (Å²) in [6.45, 7) is -0.626. The van der Waals surface area contributed by atoms with Gasteiger partial charge >= 0.3 is 5.97 Å². The summed E-state index contributed by atoms with van der Waals surface area (Å²) < 4.78 is 30.9. The Bertz CT molecular complexity index is 649. The number of esters is 1. The average molecular weight is 322 g/mol. The number of hydrogen-bond donors (Lipinski definition) is 1. The van der Waals surface area contributed by atoms with Crippen LogP contribution < -0.4 is 5.32 Å². The molecule has 0 spiro atoms. The Morgan fingerprint density at radius 2 is 1.96 bits per heavy atom. The third-order valence-electron chi connectivity index (χ3n) is 3.79. The van der Waals surface area contributed by atoms with E-state index in [1.807, 2.05) is 0 Å². The van der Waals surface area contributed by atoms with E-state index in [9.17, 15) is 23.6 Å². The zero-order valence-electron chi connectivity index (χ0n) is 12.4. The third kappa shape index (κ3) is 4.25. The Balaban J connectivity index is 1.91. The van der Waals surface area contributed by atoms with Gasteiger partial charge in [0.15, 0.2) is 6.61 Å². The van der Waals surface area contributed by atoms with Gasteiger partial charge in [0, 0.05) is 6.07 Å². The Labute approximate surface area is 132 Å².